The molecular formula is C10H13NO3S. The Labute approximate surface area is 92.1 Å². The lowest BCUT2D eigenvalue weighted by Crippen LogP contribution is -2.46. The van der Waals surface area contributed by atoms with Crippen molar-refractivity contribution < 1.29 is 14.6 Å². The normalized spacial score (nSPS) is 21.7. The van der Waals surface area contributed by atoms with Gasteiger partial charge < -0.3 is 14.7 Å². The zero-order valence-corrected chi connectivity index (χ0v) is 9.07. The van der Waals surface area contributed by atoms with Gasteiger partial charge >= 0.3 is 0 Å². The van der Waals surface area contributed by atoms with E-state index >= 15 is 0 Å². The summed E-state index contributed by atoms with van der Waals surface area (Å²) in [5.74, 6) is 0.0340. The second-order valence-corrected chi connectivity index (χ2v) is 4.35. The summed E-state index contributed by atoms with van der Waals surface area (Å²) in [6, 6.07) is 3.68. The van der Waals surface area contributed by atoms with Gasteiger partial charge in [0.25, 0.3) is 5.91 Å². The molecule has 1 saturated heterocycles. The molecular weight excluding hydrogens is 214 g/mol. The molecule has 1 aliphatic rings. The molecule has 1 N–H and O–H groups in total. The minimum absolute atomic E-state index is 0.0335. The van der Waals surface area contributed by atoms with Crippen LogP contribution >= 0.6 is 11.3 Å². The minimum atomic E-state index is -0.234. The number of nitrogens with zero attached hydrogens (tertiary/aromatic N) is 1. The summed E-state index contributed by atoms with van der Waals surface area (Å²) < 4.78 is 5.28. The molecule has 82 valence electrons. The summed E-state index contributed by atoms with van der Waals surface area (Å²) in [7, 11) is 0. The number of hydrogen-bond donors (Lipinski definition) is 1. The van der Waals surface area contributed by atoms with Crippen molar-refractivity contribution in [3.8, 4) is 0 Å². The topological polar surface area (TPSA) is 49.8 Å². The molecule has 1 fully saturated rings. The first-order chi connectivity index (χ1) is 7.31. The van der Waals surface area contributed by atoms with E-state index in [2.05, 4.69) is 0 Å². The molecule has 0 bridgehead atoms. The molecule has 4 nitrogen and oxygen atoms in total. The number of rotatable bonds is 2. The second-order valence-electron chi connectivity index (χ2n) is 3.40. The zero-order valence-electron chi connectivity index (χ0n) is 8.26. The van der Waals surface area contributed by atoms with Crippen LogP contribution in [0.1, 0.15) is 9.67 Å². The molecule has 2 rings (SSSR count). The van der Waals surface area contributed by atoms with Gasteiger partial charge in [-0.1, -0.05) is 6.07 Å². The second kappa shape index (κ2) is 4.74. The summed E-state index contributed by atoms with van der Waals surface area (Å²) in [6.07, 6.45) is -0.234. The number of amides is 1. The third-order valence-electron chi connectivity index (χ3n) is 2.36. The predicted octanol–water partition coefficient (Wildman–Crippen LogP) is 0.581. The van der Waals surface area contributed by atoms with Crippen molar-refractivity contribution in [1.29, 1.82) is 0 Å². The molecule has 0 aromatic carbocycles. The van der Waals surface area contributed by atoms with E-state index in [0.717, 1.165) is 4.88 Å². The molecule has 1 unspecified atom stereocenters. The summed E-state index contributed by atoms with van der Waals surface area (Å²) in [5, 5.41) is 10.8. The maximum Gasteiger partial charge on any atom is 0.264 e. The number of aliphatic hydroxyl groups excluding tert-OH is 1. The SMILES string of the molecule is O=C(c1cccs1)N1CCOC(CO)C1. The molecule has 1 atom stereocenters. The first kappa shape index (κ1) is 10.6. The van der Waals surface area contributed by atoms with Crippen LogP contribution < -0.4 is 0 Å². The first-order valence-electron chi connectivity index (χ1n) is 4.86. The van der Waals surface area contributed by atoms with Gasteiger partial charge in [0, 0.05) is 13.1 Å². The molecule has 0 aliphatic carbocycles. The lowest BCUT2D eigenvalue weighted by molar-refractivity contribution is -0.0446. The van der Waals surface area contributed by atoms with Crippen molar-refractivity contribution in [2.45, 2.75) is 6.10 Å². The van der Waals surface area contributed by atoms with Crippen LogP contribution in [0.2, 0.25) is 0 Å². The Hall–Kier alpha value is -0.910. The Kier molecular flexibility index (Phi) is 3.35. The van der Waals surface area contributed by atoms with E-state index in [1.165, 1.54) is 11.3 Å². The standard InChI is InChI=1S/C10H13NO3S/c12-7-8-6-11(3-4-14-8)10(13)9-2-1-5-15-9/h1-2,5,8,12H,3-4,6-7H2. The summed E-state index contributed by atoms with van der Waals surface area (Å²) in [4.78, 5) is 14.4. The van der Waals surface area contributed by atoms with Gasteiger partial charge in [-0.25, -0.2) is 0 Å². The quantitative estimate of drug-likeness (QED) is 0.804. The molecule has 2 heterocycles. The maximum atomic E-state index is 11.9. The van der Waals surface area contributed by atoms with Crippen molar-refractivity contribution in [3.63, 3.8) is 0 Å². The predicted molar refractivity (Wildman–Crippen MR) is 57.0 cm³/mol. The van der Waals surface area contributed by atoms with Gasteiger partial charge in [0.2, 0.25) is 0 Å². The summed E-state index contributed by atoms with van der Waals surface area (Å²) >= 11 is 1.44. The maximum absolute atomic E-state index is 11.9. The van der Waals surface area contributed by atoms with Crippen LogP contribution in [0.4, 0.5) is 0 Å². The molecule has 1 amide bonds. The molecule has 1 aromatic rings. The van der Waals surface area contributed by atoms with Crippen molar-refractivity contribution in [2.75, 3.05) is 26.3 Å². The molecule has 1 aromatic heterocycles. The van der Waals surface area contributed by atoms with E-state index in [-0.39, 0.29) is 18.6 Å². The van der Waals surface area contributed by atoms with Crippen LogP contribution in [0, 0.1) is 0 Å². The van der Waals surface area contributed by atoms with E-state index < -0.39 is 0 Å². The summed E-state index contributed by atoms with van der Waals surface area (Å²) in [6.45, 7) is 1.55. The fourth-order valence-electron chi connectivity index (χ4n) is 1.57. The van der Waals surface area contributed by atoms with Crippen LogP contribution in [-0.2, 0) is 4.74 Å². The molecule has 0 radical (unpaired) electrons. The highest BCUT2D eigenvalue weighted by atomic mass is 32.1. The number of carbonyl (C=O) groups excluding carboxylic acids is 1. The lowest BCUT2D eigenvalue weighted by Gasteiger charge is -2.31. The van der Waals surface area contributed by atoms with Gasteiger partial charge in [0.05, 0.1) is 24.2 Å². The Morgan fingerprint density at radius 3 is 3.27 bits per heavy atom. The van der Waals surface area contributed by atoms with E-state index in [1.807, 2.05) is 17.5 Å². The molecule has 0 saturated carbocycles. The van der Waals surface area contributed by atoms with Crippen LogP contribution in [0.3, 0.4) is 0 Å². The van der Waals surface area contributed by atoms with E-state index in [1.54, 1.807) is 4.90 Å². The Morgan fingerprint density at radius 2 is 2.60 bits per heavy atom. The fraction of sp³-hybridized carbons (Fsp3) is 0.500. The number of hydrogen-bond acceptors (Lipinski definition) is 4. The molecule has 5 heteroatoms. The third kappa shape index (κ3) is 2.37. The van der Waals surface area contributed by atoms with Crippen molar-refractivity contribution in [2.24, 2.45) is 0 Å². The first-order valence-corrected chi connectivity index (χ1v) is 5.74. The highest BCUT2D eigenvalue weighted by Gasteiger charge is 2.24. The van der Waals surface area contributed by atoms with Crippen LogP contribution in [0.5, 0.6) is 0 Å². The molecule has 15 heavy (non-hydrogen) atoms. The van der Waals surface area contributed by atoms with E-state index in [4.69, 9.17) is 9.84 Å². The Bertz CT molecular complexity index is 325. The van der Waals surface area contributed by atoms with E-state index in [9.17, 15) is 4.79 Å². The average Bonchev–Trinajstić information content (AvgIpc) is 2.81. The van der Waals surface area contributed by atoms with Gasteiger partial charge in [-0.15, -0.1) is 11.3 Å². The smallest absolute Gasteiger partial charge is 0.264 e. The Balaban J connectivity index is 2.01. The van der Waals surface area contributed by atoms with Crippen LogP contribution in [0.15, 0.2) is 17.5 Å². The zero-order chi connectivity index (χ0) is 10.7. The Morgan fingerprint density at radius 1 is 1.73 bits per heavy atom. The monoisotopic (exact) mass is 227 g/mol. The molecule has 1 aliphatic heterocycles. The van der Waals surface area contributed by atoms with Crippen molar-refractivity contribution in [3.05, 3.63) is 22.4 Å². The van der Waals surface area contributed by atoms with Crippen LogP contribution in [0.25, 0.3) is 0 Å². The van der Waals surface area contributed by atoms with Gasteiger partial charge in [0.15, 0.2) is 0 Å². The average molecular weight is 227 g/mol. The van der Waals surface area contributed by atoms with Gasteiger partial charge in [-0.2, -0.15) is 0 Å². The van der Waals surface area contributed by atoms with Gasteiger partial charge in [0.1, 0.15) is 0 Å². The highest BCUT2D eigenvalue weighted by molar-refractivity contribution is 7.12. The van der Waals surface area contributed by atoms with Crippen molar-refractivity contribution in [1.82, 2.24) is 4.90 Å². The minimum Gasteiger partial charge on any atom is -0.394 e. The van der Waals surface area contributed by atoms with Crippen LogP contribution in [-0.4, -0.2) is 48.3 Å². The lowest BCUT2D eigenvalue weighted by atomic mass is 10.2. The number of carbonyl (C=O) groups is 1. The number of morpholine rings is 1. The third-order valence-corrected chi connectivity index (χ3v) is 3.22. The molecule has 0 spiro atoms. The largest absolute Gasteiger partial charge is 0.394 e. The fourth-order valence-corrected chi connectivity index (χ4v) is 2.26. The van der Waals surface area contributed by atoms with Gasteiger partial charge in [-0.3, -0.25) is 4.79 Å². The summed E-state index contributed by atoms with van der Waals surface area (Å²) in [5.41, 5.74) is 0. The number of aliphatic hydroxyl groups is 1. The van der Waals surface area contributed by atoms with Gasteiger partial charge in [-0.05, 0) is 11.4 Å². The van der Waals surface area contributed by atoms with E-state index in [0.29, 0.717) is 19.7 Å². The van der Waals surface area contributed by atoms with Crippen molar-refractivity contribution >= 4 is 17.2 Å². The number of ether oxygens (including phenoxy) is 1. The highest BCUT2D eigenvalue weighted by Crippen LogP contribution is 2.14. The number of thiophene rings is 1.